The van der Waals surface area contributed by atoms with Crippen LogP contribution in [0.4, 0.5) is 5.69 Å². The zero-order valence-corrected chi connectivity index (χ0v) is 13.6. The van der Waals surface area contributed by atoms with Crippen LogP contribution in [0.25, 0.3) is 0 Å². The van der Waals surface area contributed by atoms with Crippen LogP contribution in [-0.2, 0) is 16.4 Å². The van der Waals surface area contributed by atoms with Crippen molar-refractivity contribution < 1.29 is 8.42 Å². The van der Waals surface area contributed by atoms with Crippen LogP contribution in [0.2, 0.25) is 10.0 Å². The molecule has 2 aromatic rings. The Morgan fingerprint density at radius 3 is 2.62 bits per heavy atom. The van der Waals surface area contributed by atoms with Gasteiger partial charge in [-0.1, -0.05) is 41.4 Å². The maximum atomic E-state index is 13.0. The molecule has 3 nitrogen and oxygen atoms in total. The number of para-hydroxylation sites is 1. The highest BCUT2D eigenvalue weighted by Crippen LogP contribution is 2.38. The summed E-state index contributed by atoms with van der Waals surface area (Å²) in [6.07, 6.45) is 0.688. The summed E-state index contributed by atoms with van der Waals surface area (Å²) in [5, 5.41) is 0.522. The molecule has 0 N–H and O–H groups in total. The number of fused-ring (bicyclic) bond motifs is 1. The summed E-state index contributed by atoms with van der Waals surface area (Å²) in [7, 11) is -3.74. The molecule has 0 spiro atoms. The Bertz CT molecular complexity index is 805. The van der Waals surface area contributed by atoms with Gasteiger partial charge in [-0.15, -0.1) is 0 Å². The fourth-order valence-electron chi connectivity index (χ4n) is 2.68. The van der Waals surface area contributed by atoms with E-state index in [9.17, 15) is 8.42 Å². The van der Waals surface area contributed by atoms with Crippen molar-refractivity contribution in [3.63, 3.8) is 0 Å². The van der Waals surface area contributed by atoms with Gasteiger partial charge in [0.15, 0.2) is 0 Å². The summed E-state index contributed by atoms with van der Waals surface area (Å²) in [5.74, 6) is 0. The second-order valence-electron chi connectivity index (χ2n) is 5.06. The average molecular weight is 342 g/mol. The number of halogens is 2. The SMILES string of the molecule is C[C@H]1Cc2ccccc2N1S(=O)(=O)c1cc(Cl)ccc1Cl. The Labute approximate surface area is 134 Å². The van der Waals surface area contributed by atoms with E-state index in [1.807, 2.05) is 31.2 Å². The lowest BCUT2D eigenvalue weighted by atomic mass is 10.1. The summed E-state index contributed by atoms with van der Waals surface area (Å²) in [4.78, 5) is 0.0419. The smallest absolute Gasteiger partial charge is 0.263 e. The highest BCUT2D eigenvalue weighted by Gasteiger charge is 2.36. The lowest BCUT2D eigenvalue weighted by Crippen LogP contribution is -2.35. The van der Waals surface area contributed by atoms with Gasteiger partial charge in [0.25, 0.3) is 10.0 Å². The molecule has 0 aliphatic carbocycles. The minimum Gasteiger partial charge on any atom is -0.263 e. The zero-order valence-electron chi connectivity index (χ0n) is 11.3. The first kappa shape index (κ1) is 14.7. The van der Waals surface area contributed by atoms with Gasteiger partial charge in [-0.25, -0.2) is 8.42 Å². The number of hydrogen-bond donors (Lipinski definition) is 0. The molecule has 0 fully saturated rings. The predicted molar refractivity (Wildman–Crippen MR) is 85.7 cm³/mol. The van der Waals surface area contributed by atoms with Crippen LogP contribution in [0, 0.1) is 0 Å². The van der Waals surface area contributed by atoms with Crippen molar-refractivity contribution in [2.75, 3.05) is 4.31 Å². The lowest BCUT2D eigenvalue weighted by molar-refractivity contribution is 0.584. The number of anilines is 1. The van der Waals surface area contributed by atoms with Crippen molar-refractivity contribution in [3.8, 4) is 0 Å². The number of benzene rings is 2. The van der Waals surface area contributed by atoms with Crippen molar-refractivity contribution in [1.82, 2.24) is 0 Å². The number of hydrogen-bond acceptors (Lipinski definition) is 2. The van der Waals surface area contributed by atoms with Crippen LogP contribution >= 0.6 is 23.2 Å². The minimum absolute atomic E-state index is 0.0419. The van der Waals surface area contributed by atoms with Crippen molar-refractivity contribution >= 4 is 38.9 Å². The molecule has 6 heteroatoms. The first-order valence-electron chi connectivity index (χ1n) is 6.48. The molecule has 0 aromatic heterocycles. The van der Waals surface area contributed by atoms with Gasteiger partial charge >= 0.3 is 0 Å². The molecule has 1 heterocycles. The number of nitrogens with zero attached hydrogens (tertiary/aromatic N) is 1. The molecule has 0 saturated carbocycles. The fourth-order valence-corrected chi connectivity index (χ4v) is 5.12. The third kappa shape index (κ3) is 2.41. The molecule has 110 valence electrons. The third-order valence-corrected chi connectivity index (χ3v) is 6.22. The first-order chi connectivity index (χ1) is 9.91. The summed E-state index contributed by atoms with van der Waals surface area (Å²) < 4.78 is 27.4. The van der Waals surface area contributed by atoms with Crippen molar-refractivity contribution in [2.45, 2.75) is 24.3 Å². The van der Waals surface area contributed by atoms with Crippen LogP contribution in [0.1, 0.15) is 12.5 Å². The number of rotatable bonds is 2. The molecule has 21 heavy (non-hydrogen) atoms. The van der Waals surface area contributed by atoms with E-state index < -0.39 is 10.0 Å². The summed E-state index contributed by atoms with van der Waals surface area (Å²) in [6, 6.07) is 11.8. The maximum Gasteiger partial charge on any atom is 0.266 e. The highest BCUT2D eigenvalue weighted by molar-refractivity contribution is 7.93. The van der Waals surface area contributed by atoms with E-state index in [2.05, 4.69) is 0 Å². The van der Waals surface area contributed by atoms with Crippen LogP contribution in [-0.4, -0.2) is 14.5 Å². The van der Waals surface area contributed by atoms with Crippen molar-refractivity contribution in [2.24, 2.45) is 0 Å². The van der Waals surface area contributed by atoms with E-state index in [0.29, 0.717) is 17.1 Å². The highest BCUT2D eigenvalue weighted by atomic mass is 35.5. The fraction of sp³-hybridized carbons (Fsp3) is 0.200. The Morgan fingerprint density at radius 1 is 1.14 bits per heavy atom. The molecule has 1 atom stereocenters. The van der Waals surface area contributed by atoms with Crippen molar-refractivity contribution in [3.05, 3.63) is 58.1 Å². The summed E-state index contributed by atoms with van der Waals surface area (Å²) >= 11 is 12.0. The van der Waals surface area contributed by atoms with Gasteiger partial charge < -0.3 is 0 Å². The molecule has 1 aliphatic heterocycles. The van der Waals surface area contributed by atoms with E-state index in [-0.39, 0.29) is 16.0 Å². The molecule has 0 bridgehead atoms. The molecule has 2 aromatic carbocycles. The quantitative estimate of drug-likeness (QED) is 0.823. The Balaban J connectivity index is 2.17. The monoisotopic (exact) mass is 341 g/mol. The summed E-state index contributed by atoms with van der Waals surface area (Å²) in [5.41, 5.74) is 1.73. The second kappa shape index (κ2) is 5.20. The summed E-state index contributed by atoms with van der Waals surface area (Å²) in [6.45, 7) is 1.88. The normalized spacial score (nSPS) is 17.9. The van der Waals surface area contributed by atoms with Crippen LogP contribution < -0.4 is 4.31 Å². The first-order valence-corrected chi connectivity index (χ1v) is 8.68. The largest absolute Gasteiger partial charge is 0.266 e. The Hall–Kier alpha value is -1.23. The average Bonchev–Trinajstić information content (AvgIpc) is 2.77. The van der Waals surface area contributed by atoms with Gasteiger partial charge in [0.2, 0.25) is 0 Å². The van der Waals surface area contributed by atoms with E-state index in [1.54, 1.807) is 6.07 Å². The van der Waals surface area contributed by atoms with Gasteiger partial charge in [0.1, 0.15) is 4.90 Å². The molecular formula is C15H13Cl2NO2S. The van der Waals surface area contributed by atoms with Gasteiger partial charge in [0.05, 0.1) is 10.7 Å². The van der Waals surface area contributed by atoms with Crippen LogP contribution in [0.15, 0.2) is 47.4 Å². The molecule has 1 aliphatic rings. The van der Waals surface area contributed by atoms with Crippen LogP contribution in [0.5, 0.6) is 0 Å². The van der Waals surface area contributed by atoms with E-state index in [4.69, 9.17) is 23.2 Å². The molecular weight excluding hydrogens is 329 g/mol. The topological polar surface area (TPSA) is 37.4 Å². The minimum atomic E-state index is -3.74. The molecule has 3 rings (SSSR count). The Morgan fingerprint density at radius 2 is 1.86 bits per heavy atom. The van der Waals surface area contributed by atoms with Gasteiger partial charge in [0, 0.05) is 11.1 Å². The Kier molecular flexibility index (Phi) is 3.64. The van der Waals surface area contributed by atoms with Gasteiger partial charge in [-0.2, -0.15) is 0 Å². The molecule has 0 saturated heterocycles. The van der Waals surface area contributed by atoms with Crippen molar-refractivity contribution in [1.29, 1.82) is 0 Å². The second-order valence-corrected chi connectivity index (χ2v) is 7.68. The van der Waals surface area contributed by atoms with E-state index in [1.165, 1.54) is 16.4 Å². The van der Waals surface area contributed by atoms with E-state index in [0.717, 1.165) is 5.56 Å². The molecule has 0 amide bonds. The molecule has 0 unspecified atom stereocenters. The maximum absolute atomic E-state index is 13.0. The standard InChI is InChI=1S/C15H13Cl2NO2S/c1-10-8-11-4-2-3-5-14(11)18(10)21(19,20)15-9-12(16)6-7-13(15)17/h2-7,9-10H,8H2,1H3/t10-/m0/s1. The van der Waals surface area contributed by atoms with Gasteiger partial charge in [-0.05, 0) is 43.2 Å². The zero-order chi connectivity index (χ0) is 15.2. The van der Waals surface area contributed by atoms with E-state index >= 15 is 0 Å². The lowest BCUT2D eigenvalue weighted by Gasteiger charge is -2.25. The number of sulfonamides is 1. The third-order valence-electron chi connectivity index (χ3n) is 3.57. The van der Waals surface area contributed by atoms with Crippen LogP contribution in [0.3, 0.4) is 0 Å². The molecule has 0 radical (unpaired) electrons. The van der Waals surface area contributed by atoms with Gasteiger partial charge in [-0.3, -0.25) is 4.31 Å². The predicted octanol–water partition coefficient (Wildman–Crippen LogP) is 4.13.